The molecule has 8 bridgehead atoms. The summed E-state index contributed by atoms with van der Waals surface area (Å²) in [5, 5.41) is 0. The summed E-state index contributed by atoms with van der Waals surface area (Å²) in [5.74, 6) is 2.46. The van der Waals surface area contributed by atoms with Crippen LogP contribution in [-0.4, -0.2) is 49.6 Å². The Labute approximate surface area is 306 Å². The topological polar surface area (TPSA) is 105 Å². The van der Waals surface area contributed by atoms with E-state index in [4.69, 9.17) is 18.9 Å². The van der Waals surface area contributed by atoms with E-state index in [-0.39, 0.29) is 50.1 Å². The van der Waals surface area contributed by atoms with Gasteiger partial charge in [0.05, 0.1) is 24.4 Å². The van der Waals surface area contributed by atoms with Crippen molar-refractivity contribution in [2.45, 2.75) is 105 Å². The molecule has 0 fully saturated rings. The van der Waals surface area contributed by atoms with Crippen molar-refractivity contribution in [3.8, 4) is 23.0 Å². The van der Waals surface area contributed by atoms with E-state index >= 15 is 0 Å². The van der Waals surface area contributed by atoms with E-state index in [2.05, 4.69) is 0 Å². The predicted molar refractivity (Wildman–Crippen MR) is 202 cm³/mol. The lowest BCUT2D eigenvalue weighted by molar-refractivity contribution is 0.111. The largest absolute Gasteiger partial charge is 0.490 e. The quantitative estimate of drug-likeness (QED) is 0.119. The summed E-state index contributed by atoms with van der Waals surface area (Å²) < 4.78 is 26.2. The van der Waals surface area contributed by atoms with Crippen molar-refractivity contribution in [3.63, 3.8) is 0 Å². The molecule has 0 heterocycles. The van der Waals surface area contributed by atoms with Gasteiger partial charge in [0.25, 0.3) is 0 Å². The molecule has 0 saturated carbocycles. The molecule has 4 aromatic rings. The number of hydrogen-bond donors (Lipinski definition) is 0. The van der Waals surface area contributed by atoms with Crippen LogP contribution in [0.2, 0.25) is 0 Å². The van der Waals surface area contributed by atoms with Crippen LogP contribution in [0.25, 0.3) is 0 Å². The lowest BCUT2D eigenvalue weighted by Gasteiger charge is -2.25. The number of benzene rings is 4. The number of fused-ring (bicyclic) bond motifs is 8. The van der Waals surface area contributed by atoms with Crippen LogP contribution in [0.15, 0.2) is 48.5 Å². The van der Waals surface area contributed by atoms with Gasteiger partial charge in [0, 0.05) is 47.9 Å². The van der Waals surface area contributed by atoms with Crippen molar-refractivity contribution in [1.82, 2.24) is 0 Å². The van der Waals surface area contributed by atoms with Crippen LogP contribution in [0.5, 0.6) is 23.0 Å². The van der Waals surface area contributed by atoms with Gasteiger partial charge in [-0.25, -0.2) is 0 Å². The van der Waals surface area contributed by atoms with Gasteiger partial charge in [-0.3, -0.25) is 19.2 Å². The van der Waals surface area contributed by atoms with E-state index in [1.54, 1.807) is 0 Å². The van der Waals surface area contributed by atoms with Crippen molar-refractivity contribution in [2.24, 2.45) is 0 Å². The minimum atomic E-state index is -0.201. The zero-order valence-corrected chi connectivity index (χ0v) is 31.3. The van der Waals surface area contributed by atoms with E-state index in [0.29, 0.717) is 45.3 Å². The van der Waals surface area contributed by atoms with Gasteiger partial charge in [0.2, 0.25) is 0 Å². The molecular formula is C44H48O8. The smallest absolute Gasteiger partial charge is 0.150 e. The van der Waals surface area contributed by atoms with E-state index in [1.165, 1.54) is 0 Å². The third kappa shape index (κ3) is 8.79. The molecule has 0 saturated heterocycles. The minimum Gasteiger partial charge on any atom is -0.490 e. The first-order valence-electron chi connectivity index (χ1n) is 17.9. The van der Waals surface area contributed by atoms with Crippen molar-refractivity contribution < 1.29 is 38.1 Å². The highest BCUT2D eigenvalue weighted by Crippen LogP contribution is 2.41. The molecule has 0 spiro atoms. The monoisotopic (exact) mass is 704 g/mol. The molecule has 8 heteroatoms. The van der Waals surface area contributed by atoms with E-state index in [0.717, 1.165) is 69.7 Å². The van der Waals surface area contributed by atoms with Crippen LogP contribution in [0, 0.1) is 0 Å². The zero-order chi connectivity index (χ0) is 37.7. The summed E-state index contributed by atoms with van der Waals surface area (Å²) in [6.07, 6.45) is 3.61. The molecule has 8 nitrogen and oxygen atoms in total. The number of carbonyl (C=O) groups excluding carboxylic acids is 4. The van der Waals surface area contributed by atoms with E-state index < -0.39 is 0 Å². The van der Waals surface area contributed by atoms with Gasteiger partial charge in [0.1, 0.15) is 48.1 Å². The van der Waals surface area contributed by atoms with Crippen LogP contribution in [0.4, 0.5) is 0 Å². The fourth-order valence-electron chi connectivity index (χ4n) is 6.82. The average Bonchev–Trinajstić information content (AvgIpc) is 3.08. The van der Waals surface area contributed by atoms with Crippen molar-refractivity contribution in [1.29, 1.82) is 0 Å². The molecule has 0 radical (unpaired) electrons. The second-order valence-electron chi connectivity index (χ2n) is 14.5. The number of hydrogen-bond acceptors (Lipinski definition) is 8. The zero-order valence-electron chi connectivity index (χ0n) is 31.3. The Balaban J connectivity index is 1.95. The van der Waals surface area contributed by atoms with Crippen LogP contribution >= 0.6 is 0 Å². The first kappa shape index (κ1) is 38.0. The highest BCUT2D eigenvalue weighted by atomic mass is 16.5. The molecule has 0 N–H and O–H groups in total. The molecule has 0 atom stereocenters. The number of aldehydes is 4. The molecule has 5 rings (SSSR count). The maximum absolute atomic E-state index is 12.5. The average molecular weight is 705 g/mol. The van der Waals surface area contributed by atoms with Gasteiger partial charge in [0.15, 0.2) is 0 Å². The van der Waals surface area contributed by atoms with Crippen molar-refractivity contribution >= 4 is 25.1 Å². The molecule has 52 heavy (non-hydrogen) atoms. The van der Waals surface area contributed by atoms with E-state index in [1.807, 2.05) is 104 Å². The summed E-state index contributed by atoms with van der Waals surface area (Å²) >= 11 is 0. The first-order valence-corrected chi connectivity index (χ1v) is 17.9. The van der Waals surface area contributed by atoms with Crippen molar-refractivity contribution in [2.75, 3.05) is 0 Å². The van der Waals surface area contributed by atoms with Crippen LogP contribution in [-0.2, 0) is 25.7 Å². The van der Waals surface area contributed by atoms with Crippen LogP contribution in [0.3, 0.4) is 0 Å². The lowest BCUT2D eigenvalue weighted by Crippen LogP contribution is -2.16. The maximum atomic E-state index is 12.5. The van der Waals surface area contributed by atoms with Crippen LogP contribution < -0.4 is 18.9 Å². The SMILES string of the molecule is CC(C)Oc1c2cc(C=O)cc1Cc1cc(C=O)cc(c1OC(C)C)Cc1cc(C=O)cc(c1OC(C)C)Cc1cc(C=O)cc(c1OC(C)C)C2. The molecule has 0 unspecified atom stereocenters. The molecule has 1 aliphatic carbocycles. The molecule has 4 aromatic carbocycles. The van der Waals surface area contributed by atoms with Crippen molar-refractivity contribution in [3.05, 3.63) is 115 Å². The Hall–Kier alpha value is -5.24. The predicted octanol–water partition coefficient (Wildman–Crippen LogP) is 8.76. The molecule has 0 aromatic heterocycles. The molecule has 0 amide bonds. The molecule has 1 aliphatic rings. The summed E-state index contributed by atoms with van der Waals surface area (Å²) in [7, 11) is 0. The summed E-state index contributed by atoms with van der Waals surface area (Å²) in [4.78, 5) is 49.8. The Morgan fingerprint density at radius 3 is 0.615 bits per heavy atom. The van der Waals surface area contributed by atoms with Gasteiger partial charge in [-0.1, -0.05) is 0 Å². The standard InChI is InChI=1S/C44H48O8/c1-25(2)49-41-33-9-29(21-45)10-34(41)18-36-12-31(23-47)14-38(43(36)51-27(5)6)20-40-16-32(24-48)15-39(44(40)52-28(7)8)19-37-13-30(22-46)11-35(17-33)42(37)50-26(3)4/h9-16,21-28H,17-20H2,1-8H3. The Morgan fingerprint density at radius 1 is 0.346 bits per heavy atom. The highest BCUT2D eigenvalue weighted by molar-refractivity contribution is 5.80. The summed E-state index contributed by atoms with van der Waals surface area (Å²) in [5.41, 5.74) is 7.82. The minimum absolute atomic E-state index is 0.201. The van der Waals surface area contributed by atoms with Gasteiger partial charge in [-0.15, -0.1) is 0 Å². The fraction of sp³-hybridized carbons (Fsp3) is 0.364. The number of rotatable bonds is 12. The van der Waals surface area contributed by atoms with Gasteiger partial charge >= 0.3 is 0 Å². The van der Waals surface area contributed by atoms with Gasteiger partial charge in [-0.05, 0) is 148 Å². The van der Waals surface area contributed by atoms with E-state index in [9.17, 15) is 19.2 Å². The Bertz CT molecular complexity index is 1610. The molecule has 0 aliphatic heterocycles. The first-order chi connectivity index (χ1) is 24.8. The third-order valence-corrected chi connectivity index (χ3v) is 8.54. The summed E-state index contributed by atoms with van der Waals surface area (Å²) in [6, 6.07) is 14.5. The normalized spacial score (nSPS) is 12.5. The summed E-state index contributed by atoms with van der Waals surface area (Å²) in [6.45, 7) is 15.6. The Morgan fingerprint density at radius 2 is 0.500 bits per heavy atom. The van der Waals surface area contributed by atoms with Crippen LogP contribution in [0.1, 0.15) is 141 Å². The number of ether oxygens (including phenoxy) is 4. The van der Waals surface area contributed by atoms with Gasteiger partial charge in [-0.2, -0.15) is 0 Å². The Kier molecular flexibility index (Phi) is 12.0. The second-order valence-corrected chi connectivity index (χ2v) is 14.5. The third-order valence-electron chi connectivity index (χ3n) is 8.54. The maximum Gasteiger partial charge on any atom is 0.150 e. The second kappa shape index (κ2) is 16.4. The molecule has 272 valence electrons. The fourth-order valence-corrected chi connectivity index (χ4v) is 6.82. The van der Waals surface area contributed by atoms with Gasteiger partial charge < -0.3 is 18.9 Å². The molecular weight excluding hydrogens is 656 g/mol. The lowest BCUT2D eigenvalue weighted by atomic mass is 9.88. The number of carbonyl (C=O) groups is 4. The highest BCUT2D eigenvalue weighted by Gasteiger charge is 2.25.